The average Bonchev–Trinajstić information content (AvgIpc) is 3.41. The van der Waals surface area contributed by atoms with Crippen LogP contribution in [0.2, 0.25) is 0 Å². The van der Waals surface area contributed by atoms with Gasteiger partial charge in [-0.05, 0) is 66.4 Å². The van der Waals surface area contributed by atoms with Gasteiger partial charge in [0.2, 0.25) is 0 Å². The molecule has 0 radical (unpaired) electrons. The van der Waals surface area contributed by atoms with Crippen molar-refractivity contribution in [1.29, 1.82) is 0 Å². The second kappa shape index (κ2) is 13.0. The van der Waals surface area contributed by atoms with E-state index in [1.807, 2.05) is 12.1 Å². The fourth-order valence-corrected chi connectivity index (χ4v) is 5.24. The van der Waals surface area contributed by atoms with E-state index in [0.717, 1.165) is 11.8 Å². The summed E-state index contributed by atoms with van der Waals surface area (Å²) in [5.74, 6) is 2.01. The van der Waals surface area contributed by atoms with Crippen molar-refractivity contribution in [1.82, 2.24) is 0 Å². The van der Waals surface area contributed by atoms with Gasteiger partial charge in [-0.2, -0.15) is 0 Å². The van der Waals surface area contributed by atoms with Crippen molar-refractivity contribution in [3.05, 3.63) is 86.2 Å². The molecular weight excluding hydrogens is 408 g/mol. The predicted molar refractivity (Wildman–Crippen MR) is 127 cm³/mol. The topological polar surface area (TPSA) is 20.2 Å². The van der Waals surface area contributed by atoms with Gasteiger partial charge in [0.25, 0.3) is 0 Å². The maximum Gasteiger partial charge on any atom is 2.00 e. The molecule has 2 fully saturated rings. The summed E-state index contributed by atoms with van der Waals surface area (Å²) in [4.78, 5) is 0. The van der Waals surface area contributed by atoms with Gasteiger partial charge in [0.1, 0.15) is 5.75 Å². The number of phenolic OH excluding ortho intramolecular Hbond substituents is 1. The van der Waals surface area contributed by atoms with Gasteiger partial charge in [-0.3, -0.25) is 0 Å². The summed E-state index contributed by atoms with van der Waals surface area (Å²) < 4.78 is 0. The molecule has 2 saturated carbocycles. The number of aromatic hydroxyl groups is 1. The molecule has 0 aliphatic heterocycles. The number of hydrogen-bond donors (Lipinski definition) is 1. The Hall–Kier alpha value is -1.50. The molecule has 0 aromatic heterocycles. The molecule has 0 spiro atoms. The van der Waals surface area contributed by atoms with Crippen LogP contribution in [0, 0.1) is 26.7 Å². The monoisotopic (exact) mass is 446 g/mol. The number of allylic oxidation sites excluding steroid dienone is 1. The molecule has 164 valence electrons. The van der Waals surface area contributed by atoms with E-state index in [1.165, 1.54) is 80.9 Å². The molecule has 0 heterocycles. The first kappa shape index (κ1) is 26.5. The summed E-state index contributed by atoms with van der Waals surface area (Å²) in [6.07, 6.45) is 13.7. The quantitative estimate of drug-likeness (QED) is 0.350. The van der Waals surface area contributed by atoms with Crippen LogP contribution in [0.1, 0.15) is 75.3 Å². The first-order valence-corrected chi connectivity index (χ1v) is 10.9. The maximum absolute atomic E-state index is 9.79. The van der Waals surface area contributed by atoms with Gasteiger partial charge in [-0.15, -0.1) is 0 Å². The fraction of sp³-hybridized carbons (Fsp3) is 0.429. The molecule has 2 heteroatoms. The van der Waals surface area contributed by atoms with Crippen molar-refractivity contribution in [2.24, 2.45) is 11.8 Å². The van der Waals surface area contributed by atoms with E-state index in [9.17, 15) is 5.11 Å². The molecule has 0 atom stereocenters. The Morgan fingerprint density at radius 3 is 1.87 bits per heavy atom. The van der Waals surface area contributed by atoms with Crippen molar-refractivity contribution in [3.63, 3.8) is 0 Å². The molecule has 2 aliphatic rings. The van der Waals surface area contributed by atoms with Crippen LogP contribution in [-0.4, -0.2) is 5.11 Å². The number of phenols is 1. The summed E-state index contributed by atoms with van der Waals surface area (Å²) in [6.45, 7) is 0. The molecule has 2 aromatic rings. The minimum Gasteiger partial charge on any atom is -0.508 e. The summed E-state index contributed by atoms with van der Waals surface area (Å²) >= 11 is 0. The van der Waals surface area contributed by atoms with E-state index >= 15 is 0 Å². The van der Waals surface area contributed by atoms with Crippen molar-refractivity contribution in [3.8, 4) is 5.75 Å². The minimum atomic E-state index is 0. The molecule has 2 aromatic carbocycles. The second-order valence-corrected chi connectivity index (χ2v) is 8.48. The molecule has 30 heavy (non-hydrogen) atoms. The van der Waals surface area contributed by atoms with Crippen LogP contribution in [0.25, 0.3) is 5.57 Å². The van der Waals surface area contributed by atoms with Crippen LogP contribution in [-0.2, 0) is 17.1 Å². The van der Waals surface area contributed by atoms with Gasteiger partial charge in [0.15, 0.2) is 0 Å². The summed E-state index contributed by atoms with van der Waals surface area (Å²) in [6, 6.07) is 18.8. The predicted octanol–water partition coefficient (Wildman–Crippen LogP) is 8.25. The van der Waals surface area contributed by atoms with Crippen LogP contribution in [0.3, 0.4) is 0 Å². The average molecular weight is 446 g/mol. The Morgan fingerprint density at radius 1 is 0.733 bits per heavy atom. The molecule has 0 unspecified atom stereocenters. The summed E-state index contributed by atoms with van der Waals surface area (Å²) in [5.41, 5.74) is 5.70. The van der Waals surface area contributed by atoms with Crippen molar-refractivity contribution < 1.29 is 22.2 Å². The van der Waals surface area contributed by atoms with Gasteiger partial charge in [-0.25, -0.2) is 0 Å². The second-order valence-electron chi connectivity index (χ2n) is 8.48. The molecular formula is C28H38FeO. The molecule has 0 saturated heterocycles. The third-order valence-corrected chi connectivity index (χ3v) is 6.68. The molecule has 1 nitrogen and oxygen atoms in total. The SMILES string of the molecule is Oc1ccc(C(=C(CCC2CCCC2)C2CCCC2)c2ccccc2)cc1.[CH3-].[CH3-].[Fe+2]. The number of hydrogen-bond acceptors (Lipinski definition) is 1. The van der Waals surface area contributed by atoms with Gasteiger partial charge in [0, 0.05) is 0 Å². The van der Waals surface area contributed by atoms with Gasteiger partial charge in [-0.1, -0.05) is 86.6 Å². The van der Waals surface area contributed by atoms with Crippen LogP contribution in [0.5, 0.6) is 5.75 Å². The van der Waals surface area contributed by atoms with Crippen LogP contribution >= 0.6 is 0 Å². The van der Waals surface area contributed by atoms with E-state index in [0.29, 0.717) is 5.75 Å². The molecule has 4 rings (SSSR count). The zero-order chi connectivity index (χ0) is 18.5. The first-order valence-electron chi connectivity index (χ1n) is 10.9. The summed E-state index contributed by atoms with van der Waals surface area (Å²) in [7, 11) is 0. The largest absolute Gasteiger partial charge is 2.00 e. The van der Waals surface area contributed by atoms with Crippen LogP contribution < -0.4 is 0 Å². The Bertz CT molecular complexity index is 751. The molecule has 0 bridgehead atoms. The van der Waals surface area contributed by atoms with Crippen LogP contribution in [0.4, 0.5) is 0 Å². The number of rotatable bonds is 6. The molecule has 2 aliphatic carbocycles. The molecule has 0 amide bonds. The third-order valence-electron chi connectivity index (χ3n) is 6.68. The van der Waals surface area contributed by atoms with E-state index < -0.39 is 0 Å². The fourth-order valence-electron chi connectivity index (χ4n) is 5.24. The van der Waals surface area contributed by atoms with Gasteiger partial charge < -0.3 is 20.0 Å². The zero-order valence-electron chi connectivity index (χ0n) is 18.7. The maximum atomic E-state index is 9.79. The summed E-state index contributed by atoms with van der Waals surface area (Å²) in [5, 5.41) is 9.79. The van der Waals surface area contributed by atoms with Crippen molar-refractivity contribution in [2.45, 2.75) is 64.2 Å². The van der Waals surface area contributed by atoms with Gasteiger partial charge >= 0.3 is 17.1 Å². The van der Waals surface area contributed by atoms with Crippen molar-refractivity contribution >= 4 is 5.57 Å². The first-order chi connectivity index (χ1) is 13.3. The van der Waals surface area contributed by atoms with E-state index in [-0.39, 0.29) is 31.9 Å². The van der Waals surface area contributed by atoms with Crippen molar-refractivity contribution in [2.75, 3.05) is 0 Å². The van der Waals surface area contributed by atoms with E-state index in [2.05, 4.69) is 42.5 Å². The standard InChI is InChI=1S/C26H32O.2CH3.Fe/c27-24-17-15-23(16-18-24)26(22-12-2-1-3-13-22)25(21-10-6-7-11-21)19-14-20-8-4-5-9-20;;;/h1-3,12-13,15-18,20-21,27H,4-11,14,19H2;2*1H3;/q;2*-1;+2. The molecule has 1 N–H and O–H groups in total. The normalized spacial score (nSPS) is 17.5. The number of benzene rings is 2. The zero-order valence-corrected chi connectivity index (χ0v) is 19.8. The van der Waals surface area contributed by atoms with E-state index in [4.69, 9.17) is 0 Å². The minimum absolute atomic E-state index is 0. The smallest absolute Gasteiger partial charge is 0.508 e. The van der Waals surface area contributed by atoms with E-state index in [1.54, 1.807) is 5.57 Å². The Morgan fingerprint density at radius 2 is 1.27 bits per heavy atom. The Balaban J connectivity index is 0.00000150. The Labute approximate surface area is 195 Å². The third kappa shape index (κ3) is 6.50. The van der Waals surface area contributed by atoms with Gasteiger partial charge in [0.05, 0.1) is 0 Å². The van der Waals surface area contributed by atoms with Crippen LogP contribution in [0.15, 0.2) is 60.2 Å². The Kier molecular flexibility index (Phi) is 11.5.